The summed E-state index contributed by atoms with van der Waals surface area (Å²) in [6.07, 6.45) is 0.752. The first-order chi connectivity index (χ1) is 12.3. The molecule has 26 heavy (non-hydrogen) atoms. The molecule has 6 nitrogen and oxygen atoms in total. The maximum atomic E-state index is 13.0. The Hall–Kier alpha value is -2.37. The number of amides is 3. The van der Waals surface area contributed by atoms with Crippen LogP contribution in [-0.2, 0) is 9.59 Å². The second-order valence-electron chi connectivity index (χ2n) is 7.25. The third-order valence-corrected chi connectivity index (χ3v) is 4.79. The molecular formula is C20H29N3O3. The highest BCUT2D eigenvalue weighted by molar-refractivity contribution is 5.97. The molecule has 0 radical (unpaired) electrons. The molecule has 2 rings (SSSR count). The van der Waals surface area contributed by atoms with E-state index in [1.54, 1.807) is 28.9 Å². The zero-order chi connectivity index (χ0) is 19.3. The number of hydrogen-bond donors (Lipinski definition) is 1. The van der Waals surface area contributed by atoms with Crippen molar-refractivity contribution in [3.63, 3.8) is 0 Å². The molecule has 1 atom stereocenters. The lowest BCUT2D eigenvalue weighted by Crippen LogP contribution is -2.52. The topological polar surface area (TPSA) is 69.7 Å². The van der Waals surface area contributed by atoms with Crippen LogP contribution in [0, 0.1) is 12.8 Å². The number of nitrogens with one attached hydrogen (secondary N) is 1. The van der Waals surface area contributed by atoms with Gasteiger partial charge in [-0.15, -0.1) is 0 Å². The molecule has 1 saturated heterocycles. The van der Waals surface area contributed by atoms with Crippen molar-refractivity contribution in [3.8, 4) is 0 Å². The molecule has 1 unspecified atom stereocenters. The van der Waals surface area contributed by atoms with E-state index in [0.29, 0.717) is 31.7 Å². The van der Waals surface area contributed by atoms with Gasteiger partial charge < -0.3 is 15.1 Å². The summed E-state index contributed by atoms with van der Waals surface area (Å²) in [4.78, 5) is 40.6. The molecule has 1 aliphatic heterocycles. The van der Waals surface area contributed by atoms with Gasteiger partial charge in [-0.3, -0.25) is 14.4 Å². The van der Waals surface area contributed by atoms with Crippen LogP contribution in [0.1, 0.15) is 43.1 Å². The fourth-order valence-electron chi connectivity index (χ4n) is 3.09. The van der Waals surface area contributed by atoms with Crippen molar-refractivity contribution in [1.82, 2.24) is 15.1 Å². The highest BCUT2D eigenvalue weighted by Crippen LogP contribution is 2.12. The van der Waals surface area contributed by atoms with Crippen molar-refractivity contribution in [3.05, 3.63) is 35.4 Å². The zero-order valence-electron chi connectivity index (χ0n) is 16.1. The van der Waals surface area contributed by atoms with Crippen LogP contribution in [-0.4, -0.2) is 59.7 Å². The van der Waals surface area contributed by atoms with Crippen molar-refractivity contribution in [2.75, 3.05) is 26.2 Å². The summed E-state index contributed by atoms with van der Waals surface area (Å²) in [6.45, 7) is 9.69. The summed E-state index contributed by atoms with van der Waals surface area (Å²) in [5, 5.41) is 2.89. The van der Waals surface area contributed by atoms with E-state index < -0.39 is 6.04 Å². The van der Waals surface area contributed by atoms with Crippen LogP contribution in [0.3, 0.4) is 0 Å². The van der Waals surface area contributed by atoms with Gasteiger partial charge in [-0.1, -0.05) is 31.5 Å². The van der Waals surface area contributed by atoms with E-state index in [4.69, 9.17) is 0 Å². The summed E-state index contributed by atoms with van der Waals surface area (Å²) < 4.78 is 0. The summed E-state index contributed by atoms with van der Waals surface area (Å²) in [5.74, 6) is -0.306. The lowest BCUT2D eigenvalue weighted by atomic mass is 10.0. The van der Waals surface area contributed by atoms with Gasteiger partial charge in [0.15, 0.2) is 0 Å². The van der Waals surface area contributed by atoms with Crippen LogP contribution in [0.15, 0.2) is 24.3 Å². The molecule has 1 aromatic rings. The highest BCUT2D eigenvalue weighted by Gasteiger charge is 2.30. The molecule has 1 N–H and O–H groups in total. The number of benzene rings is 1. The Morgan fingerprint density at radius 2 is 1.54 bits per heavy atom. The van der Waals surface area contributed by atoms with Crippen molar-refractivity contribution in [1.29, 1.82) is 0 Å². The summed E-state index contributed by atoms with van der Waals surface area (Å²) in [5.41, 5.74) is 1.63. The van der Waals surface area contributed by atoms with Crippen molar-refractivity contribution in [2.24, 2.45) is 5.92 Å². The van der Waals surface area contributed by atoms with E-state index in [2.05, 4.69) is 5.32 Å². The average Bonchev–Trinajstić information content (AvgIpc) is 2.85. The number of nitrogens with zero attached hydrogens (tertiary/aromatic N) is 2. The third kappa shape index (κ3) is 5.07. The lowest BCUT2D eigenvalue weighted by molar-refractivity contribution is -0.135. The fourth-order valence-corrected chi connectivity index (χ4v) is 3.09. The lowest BCUT2D eigenvalue weighted by Gasteiger charge is -2.29. The van der Waals surface area contributed by atoms with Gasteiger partial charge in [-0.05, 0) is 31.4 Å². The third-order valence-electron chi connectivity index (χ3n) is 4.79. The monoisotopic (exact) mass is 359 g/mol. The first kappa shape index (κ1) is 19.9. The minimum absolute atomic E-state index is 0.0240. The highest BCUT2D eigenvalue weighted by atomic mass is 16.2. The molecule has 3 amide bonds. The minimum atomic E-state index is -0.576. The Labute approximate surface area is 155 Å². The SMILES string of the molecule is CC(=O)N1CCCN(C(=O)C(NC(=O)c2ccc(C)cc2)C(C)C)CC1. The molecule has 1 aromatic carbocycles. The van der Waals surface area contributed by atoms with E-state index in [1.165, 1.54) is 0 Å². The van der Waals surface area contributed by atoms with E-state index in [0.717, 1.165) is 12.0 Å². The number of carbonyl (C=O) groups is 3. The maximum Gasteiger partial charge on any atom is 0.251 e. The molecule has 0 bridgehead atoms. The quantitative estimate of drug-likeness (QED) is 0.892. The second-order valence-corrected chi connectivity index (χ2v) is 7.25. The second kappa shape index (κ2) is 8.83. The number of aryl methyl sites for hydroxylation is 1. The van der Waals surface area contributed by atoms with Gasteiger partial charge in [-0.2, -0.15) is 0 Å². The minimum Gasteiger partial charge on any atom is -0.341 e. The number of hydrogen-bond acceptors (Lipinski definition) is 3. The van der Waals surface area contributed by atoms with Gasteiger partial charge in [-0.25, -0.2) is 0 Å². The molecule has 0 aromatic heterocycles. The normalized spacial score (nSPS) is 16.2. The van der Waals surface area contributed by atoms with Gasteiger partial charge in [0.1, 0.15) is 6.04 Å². The van der Waals surface area contributed by atoms with Crippen LogP contribution >= 0.6 is 0 Å². The van der Waals surface area contributed by atoms with Gasteiger partial charge in [0.05, 0.1) is 0 Å². The Balaban J connectivity index is 2.06. The van der Waals surface area contributed by atoms with Crippen LogP contribution in [0.2, 0.25) is 0 Å². The van der Waals surface area contributed by atoms with Crippen LogP contribution in [0.25, 0.3) is 0 Å². The Morgan fingerprint density at radius 1 is 0.962 bits per heavy atom. The Morgan fingerprint density at radius 3 is 2.12 bits per heavy atom. The van der Waals surface area contributed by atoms with Crippen molar-refractivity contribution >= 4 is 17.7 Å². The summed E-state index contributed by atoms with van der Waals surface area (Å²) in [7, 11) is 0. The average molecular weight is 359 g/mol. The van der Waals surface area contributed by atoms with Crippen molar-refractivity contribution in [2.45, 2.75) is 40.2 Å². The molecule has 142 valence electrons. The maximum absolute atomic E-state index is 13.0. The smallest absolute Gasteiger partial charge is 0.251 e. The molecule has 6 heteroatoms. The van der Waals surface area contributed by atoms with E-state index >= 15 is 0 Å². The van der Waals surface area contributed by atoms with Gasteiger partial charge in [0.2, 0.25) is 11.8 Å². The van der Waals surface area contributed by atoms with Crippen LogP contribution in [0.5, 0.6) is 0 Å². The Kier molecular flexibility index (Phi) is 6.77. The molecule has 1 heterocycles. The van der Waals surface area contributed by atoms with E-state index in [-0.39, 0.29) is 23.6 Å². The van der Waals surface area contributed by atoms with Crippen LogP contribution < -0.4 is 5.32 Å². The Bertz CT molecular complexity index is 655. The largest absolute Gasteiger partial charge is 0.341 e. The first-order valence-electron chi connectivity index (χ1n) is 9.21. The standard InChI is InChI=1S/C20H29N3O3/c1-14(2)18(21-19(25)17-8-6-15(3)7-9-17)20(26)23-11-5-10-22(12-13-23)16(4)24/h6-9,14,18H,5,10-13H2,1-4H3,(H,21,25). The molecular weight excluding hydrogens is 330 g/mol. The van der Waals surface area contributed by atoms with Gasteiger partial charge in [0, 0.05) is 38.7 Å². The molecule has 0 spiro atoms. The van der Waals surface area contributed by atoms with Crippen LogP contribution in [0.4, 0.5) is 0 Å². The molecule has 0 aliphatic carbocycles. The number of rotatable bonds is 4. The van der Waals surface area contributed by atoms with Gasteiger partial charge in [0.25, 0.3) is 5.91 Å². The summed E-state index contributed by atoms with van der Waals surface area (Å²) in [6, 6.07) is 6.72. The zero-order valence-corrected chi connectivity index (χ0v) is 16.1. The molecule has 0 saturated carbocycles. The van der Waals surface area contributed by atoms with Gasteiger partial charge >= 0.3 is 0 Å². The fraction of sp³-hybridized carbons (Fsp3) is 0.550. The van der Waals surface area contributed by atoms with E-state index in [1.807, 2.05) is 32.9 Å². The van der Waals surface area contributed by atoms with E-state index in [9.17, 15) is 14.4 Å². The predicted octanol–water partition coefficient (Wildman–Crippen LogP) is 1.83. The number of carbonyl (C=O) groups excluding carboxylic acids is 3. The summed E-state index contributed by atoms with van der Waals surface area (Å²) >= 11 is 0. The first-order valence-corrected chi connectivity index (χ1v) is 9.21. The molecule has 1 aliphatic rings. The molecule has 1 fully saturated rings. The van der Waals surface area contributed by atoms with Crippen molar-refractivity contribution < 1.29 is 14.4 Å². The predicted molar refractivity (Wildman–Crippen MR) is 101 cm³/mol.